The van der Waals surface area contributed by atoms with Crippen LogP contribution >= 0.6 is 0 Å². The number of anilines is 1. The maximum atomic E-state index is 13.3. The van der Waals surface area contributed by atoms with E-state index in [1.807, 2.05) is 30.3 Å². The summed E-state index contributed by atoms with van der Waals surface area (Å²) in [6.07, 6.45) is -0.267. The van der Waals surface area contributed by atoms with E-state index in [9.17, 15) is 23.1 Å². The number of carbonyl (C=O) groups is 2. The number of benzene rings is 2. The number of sulfonamides is 1. The molecule has 174 valence electrons. The lowest BCUT2D eigenvalue weighted by Gasteiger charge is -2.22. The minimum Gasteiger partial charge on any atom is -0.465 e. The second-order valence-corrected chi connectivity index (χ2v) is 9.98. The van der Waals surface area contributed by atoms with Gasteiger partial charge >= 0.3 is 6.09 Å². The van der Waals surface area contributed by atoms with Crippen LogP contribution in [0.1, 0.15) is 12.0 Å². The van der Waals surface area contributed by atoms with Crippen molar-refractivity contribution in [1.29, 1.82) is 0 Å². The van der Waals surface area contributed by atoms with Crippen LogP contribution in [0.2, 0.25) is 0 Å². The van der Waals surface area contributed by atoms with Crippen LogP contribution in [0, 0.1) is 5.92 Å². The van der Waals surface area contributed by atoms with Crippen molar-refractivity contribution >= 4 is 27.7 Å². The number of carbonyl (C=O) groups excluding carboxylic acids is 1. The molecule has 2 N–H and O–H groups in total. The Morgan fingerprint density at radius 2 is 1.94 bits per heavy atom. The smallest absolute Gasteiger partial charge is 0.412 e. The monoisotopic (exact) mass is 471 g/mol. The van der Waals surface area contributed by atoms with Gasteiger partial charge in [0, 0.05) is 24.7 Å². The van der Waals surface area contributed by atoms with Crippen LogP contribution in [-0.2, 0) is 26.1 Å². The molecule has 9 nitrogen and oxygen atoms in total. The summed E-state index contributed by atoms with van der Waals surface area (Å²) in [7, 11) is -3.85. The lowest BCUT2D eigenvalue weighted by atomic mass is 10.1. The number of nitrogens with zero attached hydrogens (tertiary/aromatic N) is 2. The number of rotatable bonds is 7. The van der Waals surface area contributed by atoms with Gasteiger partial charge in [0.25, 0.3) is 0 Å². The third kappa shape index (κ3) is 4.92. The highest BCUT2D eigenvalue weighted by atomic mass is 32.2. The first-order valence-electron chi connectivity index (χ1n) is 10.5. The third-order valence-electron chi connectivity index (χ3n) is 5.87. The minimum absolute atomic E-state index is 0.0239. The zero-order valence-corrected chi connectivity index (χ0v) is 18.6. The van der Waals surface area contributed by atoms with Crippen LogP contribution in [0.15, 0.2) is 72.1 Å². The Bertz CT molecular complexity index is 1140. The molecule has 0 radical (unpaired) electrons. The molecule has 2 aromatic carbocycles. The zero-order valence-electron chi connectivity index (χ0n) is 17.8. The summed E-state index contributed by atoms with van der Waals surface area (Å²) in [4.78, 5) is 24.5. The summed E-state index contributed by atoms with van der Waals surface area (Å²) in [5.74, 6) is -0.369. The van der Waals surface area contributed by atoms with Gasteiger partial charge in [0.2, 0.25) is 15.9 Å². The van der Waals surface area contributed by atoms with Gasteiger partial charge in [-0.1, -0.05) is 43.0 Å². The first-order valence-corrected chi connectivity index (χ1v) is 11.9. The third-order valence-corrected chi connectivity index (χ3v) is 7.70. The number of hydrogen-bond donors (Lipinski definition) is 2. The summed E-state index contributed by atoms with van der Waals surface area (Å²) in [5.41, 5.74) is 1.06. The average Bonchev–Trinajstić information content (AvgIpc) is 3.37. The number of hydrogen-bond acceptors (Lipinski definition) is 5. The standard InChI is InChI=1S/C23H25N3O6S/c1-2-21(27)24-22-11-17-14-25(15-20(17)32-22)33(30,31)19-10-6-9-18(12-19)26(23(28)29)13-16-7-4-3-5-8-16/h2-10,12,17,20,22H,1,11,13-15H2,(H,24,27)(H,28,29). The van der Waals surface area contributed by atoms with Gasteiger partial charge in [0.1, 0.15) is 6.23 Å². The lowest BCUT2D eigenvalue weighted by Crippen LogP contribution is -2.37. The highest BCUT2D eigenvalue weighted by molar-refractivity contribution is 7.89. The van der Waals surface area contributed by atoms with Crippen LogP contribution in [-0.4, -0.2) is 55.3 Å². The Hall–Kier alpha value is -3.21. The van der Waals surface area contributed by atoms with E-state index in [1.165, 1.54) is 28.6 Å². The summed E-state index contributed by atoms with van der Waals surface area (Å²) >= 11 is 0. The molecular formula is C23H25N3O6S. The van der Waals surface area contributed by atoms with Gasteiger partial charge in [-0.15, -0.1) is 0 Å². The molecule has 4 rings (SSSR count). The second kappa shape index (κ2) is 9.34. The van der Waals surface area contributed by atoms with Crippen molar-refractivity contribution in [2.75, 3.05) is 18.0 Å². The lowest BCUT2D eigenvalue weighted by molar-refractivity contribution is -0.120. The van der Waals surface area contributed by atoms with Crippen molar-refractivity contribution in [2.24, 2.45) is 5.92 Å². The Kier molecular flexibility index (Phi) is 6.50. The topological polar surface area (TPSA) is 116 Å². The molecule has 0 aromatic heterocycles. The molecule has 0 aliphatic carbocycles. The van der Waals surface area contributed by atoms with Gasteiger partial charge in [-0.25, -0.2) is 13.2 Å². The molecule has 2 amide bonds. The Morgan fingerprint density at radius 3 is 2.61 bits per heavy atom. The Morgan fingerprint density at radius 1 is 1.18 bits per heavy atom. The summed E-state index contributed by atoms with van der Waals surface area (Å²) < 4.78 is 33.8. The van der Waals surface area contributed by atoms with Crippen molar-refractivity contribution in [3.8, 4) is 0 Å². The number of ether oxygens (including phenoxy) is 1. The molecule has 2 heterocycles. The van der Waals surface area contributed by atoms with Crippen molar-refractivity contribution in [3.63, 3.8) is 0 Å². The highest BCUT2D eigenvalue weighted by Gasteiger charge is 2.46. The molecule has 33 heavy (non-hydrogen) atoms. The highest BCUT2D eigenvalue weighted by Crippen LogP contribution is 2.35. The van der Waals surface area contributed by atoms with Gasteiger partial charge in [0.05, 0.1) is 17.5 Å². The SMILES string of the molecule is C=CC(=O)NC1CC2CN(S(=O)(=O)c3cccc(N(Cc4ccccc4)C(=O)O)c3)CC2O1. The number of nitrogens with one attached hydrogen (secondary N) is 1. The molecule has 2 aromatic rings. The molecular weight excluding hydrogens is 446 g/mol. The minimum atomic E-state index is -3.85. The van der Waals surface area contributed by atoms with Gasteiger partial charge < -0.3 is 15.2 Å². The molecule has 10 heteroatoms. The molecule has 2 fully saturated rings. The maximum absolute atomic E-state index is 13.3. The maximum Gasteiger partial charge on any atom is 0.412 e. The predicted molar refractivity (Wildman–Crippen MR) is 121 cm³/mol. The Labute approximate surface area is 192 Å². The van der Waals surface area contributed by atoms with Crippen LogP contribution in [0.4, 0.5) is 10.5 Å². The largest absolute Gasteiger partial charge is 0.465 e. The van der Waals surface area contributed by atoms with Crippen LogP contribution in [0.25, 0.3) is 0 Å². The van der Waals surface area contributed by atoms with E-state index >= 15 is 0 Å². The Balaban J connectivity index is 1.49. The van der Waals surface area contributed by atoms with Gasteiger partial charge in [-0.05, 0) is 36.3 Å². The molecule has 0 saturated carbocycles. The molecule has 2 aliphatic rings. The van der Waals surface area contributed by atoms with E-state index in [-0.39, 0.29) is 48.1 Å². The number of amides is 2. The van der Waals surface area contributed by atoms with Crippen molar-refractivity contribution in [2.45, 2.75) is 30.2 Å². The van der Waals surface area contributed by atoms with Crippen molar-refractivity contribution in [3.05, 3.63) is 72.8 Å². The molecule has 0 spiro atoms. The van der Waals surface area contributed by atoms with E-state index in [2.05, 4.69) is 11.9 Å². The summed E-state index contributed by atoms with van der Waals surface area (Å²) in [6.45, 7) is 3.95. The van der Waals surface area contributed by atoms with Crippen LogP contribution in [0.5, 0.6) is 0 Å². The fourth-order valence-electron chi connectivity index (χ4n) is 4.23. The van der Waals surface area contributed by atoms with E-state index in [0.717, 1.165) is 10.5 Å². The average molecular weight is 472 g/mol. The van der Waals surface area contributed by atoms with Gasteiger partial charge in [-0.3, -0.25) is 9.69 Å². The first-order chi connectivity index (χ1) is 15.8. The molecule has 2 aliphatic heterocycles. The fourth-order valence-corrected chi connectivity index (χ4v) is 5.78. The second-order valence-electron chi connectivity index (χ2n) is 8.05. The quantitative estimate of drug-likeness (QED) is 0.599. The summed E-state index contributed by atoms with van der Waals surface area (Å²) in [6, 6.07) is 15.0. The van der Waals surface area contributed by atoms with Crippen LogP contribution < -0.4 is 10.2 Å². The molecule has 3 atom stereocenters. The molecule has 3 unspecified atom stereocenters. The zero-order chi connectivity index (χ0) is 23.6. The van der Waals surface area contributed by atoms with Gasteiger partial charge in [0.15, 0.2) is 0 Å². The predicted octanol–water partition coefficient (Wildman–Crippen LogP) is 2.41. The van der Waals surface area contributed by atoms with Crippen molar-refractivity contribution < 1.29 is 27.9 Å². The molecule has 2 saturated heterocycles. The molecule has 0 bridgehead atoms. The number of carboxylic acid groups (broad SMARTS) is 1. The number of fused-ring (bicyclic) bond motifs is 1. The van der Waals surface area contributed by atoms with E-state index in [0.29, 0.717) is 6.42 Å². The van der Waals surface area contributed by atoms with Crippen molar-refractivity contribution in [1.82, 2.24) is 9.62 Å². The first kappa shape index (κ1) is 23.0. The van der Waals surface area contributed by atoms with E-state index in [4.69, 9.17) is 4.74 Å². The van der Waals surface area contributed by atoms with E-state index < -0.39 is 22.3 Å². The normalized spacial score (nSPS) is 22.5. The fraction of sp³-hybridized carbons (Fsp3) is 0.304. The summed E-state index contributed by atoms with van der Waals surface area (Å²) in [5, 5.41) is 12.4. The van der Waals surface area contributed by atoms with Gasteiger partial charge in [-0.2, -0.15) is 4.31 Å². The van der Waals surface area contributed by atoms with Crippen LogP contribution in [0.3, 0.4) is 0 Å². The van der Waals surface area contributed by atoms with E-state index in [1.54, 1.807) is 6.07 Å².